The quantitative estimate of drug-likeness (QED) is 0.253. The van der Waals surface area contributed by atoms with Gasteiger partial charge in [-0.2, -0.15) is 0 Å². The van der Waals surface area contributed by atoms with Crippen molar-refractivity contribution in [3.63, 3.8) is 0 Å². The predicted octanol–water partition coefficient (Wildman–Crippen LogP) is 7.35. The second-order valence-corrected chi connectivity index (χ2v) is 9.73. The zero-order valence-corrected chi connectivity index (χ0v) is 22.1. The van der Waals surface area contributed by atoms with Crippen LogP contribution in [0.4, 0.5) is 4.79 Å². The van der Waals surface area contributed by atoms with Crippen LogP contribution in [-0.4, -0.2) is 36.3 Å². The van der Waals surface area contributed by atoms with E-state index in [9.17, 15) is 9.59 Å². The van der Waals surface area contributed by atoms with E-state index in [1.165, 1.54) is 7.11 Å². The molecule has 186 valence electrons. The molecule has 1 aliphatic rings. The highest BCUT2D eigenvalue weighted by Gasteiger charge is 2.34. The van der Waals surface area contributed by atoms with E-state index in [0.29, 0.717) is 48.3 Å². The Kier molecular flexibility index (Phi) is 8.69. The first kappa shape index (κ1) is 26.2. The molecule has 36 heavy (non-hydrogen) atoms. The fourth-order valence-corrected chi connectivity index (χ4v) is 4.93. The molecule has 0 atom stereocenters. The highest BCUT2D eigenvalue weighted by Crippen LogP contribution is 2.35. The average molecular weight is 565 g/mol. The van der Waals surface area contributed by atoms with Crippen LogP contribution in [0.25, 0.3) is 6.08 Å². The number of benzene rings is 3. The zero-order chi connectivity index (χ0) is 25.7. The van der Waals surface area contributed by atoms with Crippen molar-refractivity contribution in [1.82, 2.24) is 4.90 Å². The second-order valence-electron chi connectivity index (χ2n) is 7.51. The van der Waals surface area contributed by atoms with Crippen LogP contribution in [0.3, 0.4) is 0 Å². The molecule has 4 rings (SSSR count). The molecule has 0 spiro atoms. The van der Waals surface area contributed by atoms with Gasteiger partial charge in [0.2, 0.25) is 0 Å². The van der Waals surface area contributed by atoms with Crippen LogP contribution in [0.5, 0.6) is 17.2 Å². The van der Waals surface area contributed by atoms with Crippen LogP contribution in [-0.2, 0) is 11.4 Å². The maximum Gasteiger partial charge on any atom is 0.293 e. The third-order valence-corrected chi connectivity index (χ3v) is 7.13. The van der Waals surface area contributed by atoms with Gasteiger partial charge in [0.15, 0.2) is 11.5 Å². The summed E-state index contributed by atoms with van der Waals surface area (Å²) in [7, 11) is 1.52. The van der Waals surface area contributed by atoms with Gasteiger partial charge in [0.05, 0.1) is 23.6 Å². The molecule has 1 aliphatic heterocycles. The van der Waals surface area contributed by atoms with Crippen molar-refractivity contribution in [2.45, 2.75) is 6.61 Å². The first-order valence-corrected chi connectivity index (χ1v) is 12.7. The normalized spacial score (nSPS) is 14.4. The Morgan fingerprint density at radius 3 is 2.31 bits per heavy atom. The molecule has 0 bridgehead atoms. The Morgan fingerprint density at radius 1 is 0.861 bits per heavy atom. The number of methoxy groups -OCH3 is 1. The predicted molar refractivity (Wildman–Crippen MR) is 143 cm³/mol. The lowest BCUT2D eigenvalue weighted by Crippen LogP contribution is -2.32. The van der Waals surface area contributed by atoms with Gasteiger partial charge in [-0.1, -0.05) is 59.1 Å². The fraction of sp³-hybridized carbons (Fsp3) is 0.154. The monoisotopic (exact) mass is 563 g/mol. The Labute approximate surface area is 227 Å². The molecule has 3 aromatic carbocycles. The molecule has 1 fully saturated rings. The number of thioether (sulfide) groups is 1. The minimum atomic E-state index is -0.389. The highest BCUT2D eigenvalue weighted by molar-refractivity contribution is 8.18. The number of nitrogens with zero attached hydrogens (tertiary/aromatic N) is 1. The number of para-hydroxylation sites is 1. The van der Waals surface area contributed by atoms with Crippen molar-refractivity contribution >= 4 is 63.8 Å². The highest BCUT2D eigenvalue weighted by atomic mass is 35.5. The van der Waals surface area contributed by atoms with E-state index < -0.39 is 0 Å². The Bertz CT molecular complexity index is 1310. The number of amides is 2. The Balaban J connectivity index is 1.42. The van der Waals surface area contributed by atoms with E-state index in [0.717, 1.165) is 16.7 Å². The smallest absolute Gasteiger partial charge is 0.293 e. The lowest BCUT2D eigenvalue weighted by atomic mass is 10.1. The van der Waals surface area contributed by atoms with Crippen LogP contribution >= 0.6 is 46.6 Å². The summed E-state index contributed by atoms with van der Waals surface area (Å²) < 4.78 is 16.9. The van der Waals surface area contributed by atoms with Gasteiger partial charge in [-0.15, -0.1) is 0 Å². The van der Waals surface area contributed by atoms with Crippen LogP contribution in [0.15, 0.2) is 65.6 Å². The lowest BCUT2D eigenvalue weighted by molar-refractivity contribution is -0.123. The zero-order valence-electron chi connectivity index (χ0n) is 19.0. The summed E-state index contributed by atoms with van der Waals surface area (Å²) in [4.78, 5) is 26.7. The molecular weight excluding hydrogens is 545 g/mol. The summed E-state index contributed by atoms with van der Waals surface area (Å²) in [5, 5.41) is 1.11. The van der Waals surface area contributed by atoms with Gasteiger partial charge < -0.3 is 14.2 Å². The molecule has 0 N–H and O–H groups in total. The SMILES string of the molecule is COc1cc(/C=C2\SC(=O)N(CCOc3ccccc3Cl)C2=O)ccc1OCc1c(Cl)cccc1Cl. The molecule has 2 amide bonds. The minimum absolute atomic E-state index is 0.105. The topological polar surface area (TPSA) is 65.1 Å². The van der Waals surface area contributed by atoms with Crippen molar-refractivity contribution in [2.75, 3.05) is 20.3 Å². The fourth-order valence-electron chi connectivity index (χ4n) is 3.37. The molecule has 0 aliphatic carbocycles. The number of hydrogen-bond donors (Lipinski definition) is 0. The summed E-state index contributed by atoms with van der Waals surface area (Å²) in [6, 6.07) is 17.5. The average Bonchev–Trinajstić information content (AvgIpc) is 3.12. The van der Waals surface area contributed by atoms with Gasteiger partial charge >= 0.3 is 0 Å². The molecular formula is C26H20Cl3NO5S. The number of halogens is 3. The van der Waals surface area contributed by atoms with Crippen molar-refractivity contribution in [2.24, 2.45) is 0 Å². The summed E-state index contributed by atoms with van der Waals surface area (Å²) in [5.74, 6) is 1.04. The number of rotatable bonds is 9. The van der Waals surface area contributed by atoms with E-state index in [2.05, 4.69) is 0 Å². The summed E-state index contributed by atoms with van der Waals surface area (Å²) in [6.45, 7) is 0.391. The molecule has 1 heterocycles. The molecule has 0 radical (unpaired) electrons. The Hall–Kier alpha value is -2.84. The van der Waals surface area contributed by atoms with Gasteiger partial charge in [0, 0.05) is 15.6 Å². The second kappa shape index (κ2) is 11.9. The third kappa shape index (κ3) is 6.10. The van der Waals surface area contributed by atoms with Gasteiger partial charge in [0.1, 0.15) is 19.0 Å². The van der Waals surface area contributed by atoms with Crippen molar-refractivity contribution in [1.29, 1.82) is 0 Å². The number of carbonyl (C=O) groups excluding carboxylic acids is 2. The number of hydrogen-bond acceptors (Lipinski definition) is 6. The maximum absolute atomic E-state index is 12.8. The van der Waals surface area contributed by atoms with Gasteiger partial charge in [-0.25, -0.2) is 0 Å². The Morgan fingerprint density at radius 2 is 1.58 bits per heavy atom. The summed E-state index contributed by atoms with van der Waals surface area (Å²) >= 11 is 19.4. The lowest BCUT2D eigenvalue weighted by Gasteiger charge is -2.14. The first-order valence-electron chi connectivity index (χ1n) is 10.7. The van der Waals surface area contributed by atoms with Crippen molar-refractivity contribution in [3.05, 3.63) is 91.8 Å². The van der Waals surface area contributed by atoms with Gasteiger partial charge in [-0.3, -0.25) is 14.5 Å². The van der Waals surface area contributed by atoms with Gasteiger partial charge in [-0.05, 0) is 59.8 Å². The largest absolute Gasteiger partial charge is 0.493 e. The van der Waals surface area contributed by atoms with Crippen molar-refractivity contribution in [3.8, 4) is 17.2 Å². The van der Waals surface area contributed by atoms with E-state index in [4.69, 9.17) is 49.0 Å². The molecule has 0 saturated carbocycles. The summed E-state index contributed by atoms with van der Waals surface area (Å²) in [5.41, 5.74) is 1.34. The first-order chi connectivity index (χ1) is 17.4. The van der Waals surface area contributed by atoms with Crippen LogP contribution in [0, 0.1) is 0 Å². The summed E-state index contributed by atoms with van der Waals surface area (Å²) in [6.07, 6.45) is 1.64. The standard InChI is InChI=1S/C26H20Cl3NO5S/c1-33-23-13-16(9-10-22(23)35-15-17-18(27)6-4-7-19(17)28)14-24-25(31)30(26(32)36-24)11-12-34-21-8-3-2-5-20(21)29/h2-10,13-14H,11-12,15H2,1H3/b24-14-. The molecule has 3 aromatic rings. The van der Waals surface area contributed by atoms with Crippen LogP contribution < -0.4 is 14.2 Å². The molecule has 6 nitrogen and oxygen atoms in total. The van der Waals surface area contributed by atoms with Crippen molar-refractivity contribution < 1.29 is 23.8 Å². The molecule has 10 heteroatoms. The van der Waals surface area contributed by atoms with Crippen LogP contribution in [0.2, 0.25) is 15.1 Å². The van der Waals surface area contributed by atoms with Gasteiger partial charge in [0.25, 0.3) is 11.1 Å². The van der Waals surface area contributed by atoms with E-state index >= 15 is 0 Å². The maximum atomic E-state index is 12.8. The van der Waals surface area contributed by atoms with E-state index in [1.807, 2.05) is 0 Å². The molecule has 0 unspecified atom stereocenters. The number of carbonyl (C=O) groups is 2. The van der Waals surface area contributed by atoms with E-state index in [1.54, 1.807) is 66.7 Å². The molecule has 0 aromatic heterocycles. The van der Waals surface area contributed by atoms with E-state index in [-0.39, 0.29) is 30.9 Å². The number of ether oxygens (including phenoxy) is 3. The third-order valence-electron chi connectivity index (χ3n) is 5.20. The minimum Gasteiger partial charge on any atom is -0.493 e. The van der Waals surface area contributed by atoms with Crippen LogP contribution in [0.1, 0.15) is 11.1 Å². The number of imide groups is 1. The molecule has 1 saturated heterocycles.